The average Bonchev–Trinajstić information content (AvgIpc) is 2.77. The van der Waals surface area contributed by atoms with Crippen molar-refractivity contribution in [2.75, 3.05) is 27.9 Å². The van der Waals surface area contributed by atoms with Gasteiger partial charge in [0.2, 0.25) is 0 Å². The van der Waals surface area contributed by atoms with E-state index in [1.807, 2.05) is 27.7 Å². The smallest absolute Gasteiger partial charge is 0.146 e. The predicted molar refractivity (Wildman–Crippen MR) is 140 cm³/mol. The van der Waals surface area contributed by atoms with Gasteiger partial charge in [0.1, 0.15) is 5.78 Å². The highest BCUT2D eigenvalue weighted by molar-refractivity contribution is 5.87. The Hall–Kier alpha value is -1.01. The molecule has 0 aromatic rings. The third-order valence-corrected chi connectivity index (χ3v) is 7.01. The van der Waals surface area contributed by atoms with Crippen molar-refractivity contribution in [2.45, 2.75) is 106 Å². The molecule has 0 radical (unpaired) electrons. The van der Waals surface area contributed by atoms with Gasteiger partial charge in [-0.05, 0) is 64.4 Å². The molecule has 0 saturated heterocycles. The number of allylic oxidation sites excluding steroid dienone is 2. The lowest BCUT2D eigenvalue weighted by molar-refractivity contribution is -0.145. The molecule has 0 spiro atoms. The van der Waals surface area contributed by atoms with Crippen LogP contribution in [0, 0.1) is 17.3 Å². The number of hydrogen-bond donors (Lipinski definition) is 1. The quantitative estimate of drug-likeness (QED) is 0.250. The number of rotatable bonds is 17. The van der Waals surface area contributed by atoms with E-state index in [0.717, 1.165) is 25.7 Å². The molecule has 1 N–H and O–H groups in total. The Morgan fingerprint density at radius 1 is 1.03 bits per heavy atom. The van der Waals surface area contributed by atoms with Crippen LogP contribution in [-0.2, 0) is 19.0 Å². The zero-order chi connectivity index (χ0) is 24.9. The molecule has 0 heterocycles. The number of carbonyl (C=O) groups excluding carboxylic acids is 1. The summed E-state index contributed by atoms with van der Waals surface area (Å²) in [4.78, 5) is 13.3. The molecule has 0 aliphatic heterocycles. The van der Waals surface area contributed by atoms with E-state index in [1.54, 1.807) is 21.3 Å². The molecule has 0 rings (SSSR count). The molecule has 0 saturated carbocycles. The summed E-state index contributed by atoms with van der Waals surface area (Å²) >= 11 is 0. The summed E-state index contributed by atoms with van der Waals surface area (Å²) in [5.41, 5.74) is 1.94. The third kappa shape index (κ3) is 10.9. The van der Waals surface area contributed by atoms with Crippen LogP contribution in [0.25, 0.3) is 0 Å². The van der Waals surface area contributed by atoms with Crippen LogP contribution < -0.4 is 0 Å². The van der Waals surface area contributed by atoms with Crippen molar-refractivity contribution < 1.29 is 24.1 Å². The van der Waals surface area contributed by atoms with E-state index < -0.39 is 5.41 Å². The lowest BCUT2D eigenvalue weighted by Gasteiger charge is -2.37. The molecule has 0 aliphatic carbocycles. The van der Waals surface area contributed by atoms with Gasteiger partial charge in [0.05, 0.1) is 18.3 Å². The summed E-state index contributed by atoms with van der Waals surface area (Å²) in [6, 6.07) is 0. The summed E-state index contributed by atoms with van der Waals surface area (Å²) in [5.74, 6) is 0.139. The van der Waals surface area contributed by atoms with Crippen LogP contribution in [0.3, 0.4) is 0 Å². The normalized spacial score (nSPS) is 17.7. The lowest BCUT2D eigenvalue weighted by atomic mass is 9.73. The van der Waals surface area contributed by atoms with Crippen LogP contribution >= 0.6 is 0 Å². The molecule has 0 aliphatic rings. The number of ether oxygens (including phenoxy) is 3. The molecule has 5 nitrogen and oxygen atoms in total. The zero-order valence-corrected chi connectivity index (χ0v) is 22.4. The van der Waals surface area contributed by atoms with Gasteiger partial charge >= 0.3 is 0 Å². The monoisotopic (exact) mass is 470 g/mol. The predicted octanol–water partition coefficient (Wildman–Crippen LogP) is 6.39. The Labute approximate surface area is 205 Å². The molecule has 5 unspecified atom stereocenters. The van der Waals surface area contributed by atoms with Crippen LogP contribution in [0.15, 0.2) is 23.3 Å². The van der Waals surface area contributed by atoms with Crippen LogP contribution in [0.1, 0.15) is 88.0 Å². The Balaban J connectivity index is 0. The second-order valence-electron chi connectivity index (χ2n) is 9.72. The van der Waals surface area contributed by atoms with Crippen molar-refractivity contribution in [3.8, 4) is 0 Å². The van der Waals surface area contributed by atoms with Gasteiger partial charge in [0, 0.05) is 39.3 Å². The molecule has 196 valence electrons. The Morgan fingerprint density at radius 2 is 1.64 bits per heavy atom. The fraction of sp³-hybridized carbons (Fsp3) is 0.821. The number of hydrogen-bond acceptors (Lipinski definition) is 5. The topological polar surface area (TPSA) is 65.0 Å². The number of aliphatic hydroxyl groups is 1. The van der Waals surface area contributed by atoms with Crippen molar-refractivity contribution in [1.82, 2.24) is 0 Å². The minimum Gasteiger partial charge on any atom is -0.396 e. The number of carbonyl (C=O) groups is 1. The van der Waals surface area contributed by atoms with E-state index in [-0.39, 0.29) is 50.0 Å². The summed E-state index contributed by atoms with van der Waals surface area (Å²) in [7, 11) is 5.05. The van der Waals surface area contributed by atoms with Gasteiger partial charge < -0.3 is 19.3 Å². The number of ketones is 1. The summed E-state index contributed by atoms with van der Waals surface area (Å²) < 4.78 is 16.9. The van der Waals surface area contributed by atoms with Gasteiger partial charge in [0.15, 0.2) is 0 Å². The molecule has 33 heavy (non-hydrogen) atoms. The third-order valence-electron chi connectivity index (χ3n) is 7.01. The van der Waals surface area contributed by atoms with E-state index in [0.29, 0.717) is 6.42 Å². The zero-order valence-electron chi connectivity index (χ0n) is 22.4. The maximum absolute atomic E-state index is 13.3. The molecule has 0 aromatic carbocycles. The molecule has 0 bridgehead atoms. The van der Waals surface area contributed by atoms with Gasteiger partial charge in [-0.25, -0.2) is 0 Å². The summed E-state index contributed by atoms with van der Waals surface area (Å²) in [6.45, 7) is 14.3. The van der Waals surface area contributed by atoms with Crippen molar-refractivity contribution in [1.29, 1.82) is 0 Å². The van der Waals surface area contributed by atoms with E-state index in [1.165, 1.54) is 11.1 Å². The maximum Gasteiger partial charge on any atom is 0.146 e. The van der Waals surface area contributed by atoms with E-state index in [4.69, 9.17) is 14.2 Å². The van der Waals surface area contributed by atoms with Gasteiger partial charge in [-0.2, -0.15) is 0 Å². The van der Waals surface area contributed by atoms with E-state index in [9.17, 15) is 9.90 Å². The Bertz CT molecular complexity index is 593. The first-order valence-electron chi connectivity index (χ1n) is 12.0. The molecule has 0 amide bonds. The molecule has 0 fully saturated rings. The highest BCUT2D eigenvalue weighted by Gasteiger charge is 2.42. The first-order chi connectivity index (χ1) is 15.0. The number of methoxy groups -OCH3 is 3. The Kier molecular flexibility index (Phi) is 18.0. The van der Waals surface area contributed by atoms with Crippen LogP contribution in [-0.4, -0.2) is 57.1 Å². The van der Waals surface area contributed by atoms with Crippen LogP contribution in [0.4, 0.5) is 0 Å². The number of Topliss-reactive ketones (excluding diaryl/α,β-unsaturated/α-hetero) is 1. The lowest BCUT2D eigenvalue weighted by Crippen LogP contribution is -2.46. The van der Waals surface area contributed by atoms with Crippen molar-refractivity contribution in [2.24, 2.45) is 17.3 Å². The van der Waals surface area contributed by atoms with E-state index in [2.05, 4.69) is 32.9 Å². The molecule has 5 atom stereocenters. The Morgan fingerprint density at radius 3 is 2.09 bits per heavy atom. The first kappa shape index (κ1) is 34.2. The molecule has 0 aromatic heterocycles. The van der Waals surface area contributed by atoms with Gasteiger partial charge in [-0.3, -0.25) is 4.79 Å². The fourth-order valence-electron chi connectivity index (χ4n) is 4.65. The molecular formula is C28H54O5. The van der Waals surface area contributed by atoms with E-state index >= 15 is 0 Å². The van der Waals surface area contributed by atoms with Gasteiger partial charge in [-0.15, -0.1) is 0 Å². The maximum atomic E-state index is 13.3. The van der Waals surface area contributed by atoms with Crippen LogP contribution in [0.2, 0.25) is 0 Å². The SMILES string of the molecule is C.C/C=C(\C)C(CC=C(C)CCCC(C)C(OC)C(C)C(=O)C(C)(C)C(CCO)OC)OC. The van der Waals surface area contributed by atoms with Crippen molar-refractivity contribution in [3.63, 3.8) is 0 Å². The van der Waals surface area contributed by atoms with Crippen molar-refractivity contribution >= 4 is 5.78 Å². The summed E-state index contributed by atoms with van der Waals surface area (Å²) in [6.07, 6.45) is 8.48. The average molecular weight is 471 g/mol. The minimum atomic E-state index is -0.685. The second kappa shape index (κ2) is 17.4. The second-order valence-corrected chi connectivity index (χ2v) is 9.72. The fourth-order valence-corrected chi connectivity index (χ4v) is 4.65. The van der Waals surface area contributed by atoms with Gasteiger partial charge in [0.25, 0.3) is 0 Å². The van der Waals surface area contributed by atoms with Gasteiger partial charge in [-0.1, -0.05) is 52.8 Å². The molecular weight excluding hydrogens is 416 g/mol. The van der Waals surface area contributed by atoms with Crippen molar-refractivity contribution in [3.05, 3.63) is 23.3 Å². The highest BCUT2D eigenvalue weighted by Crippen LogP contribution is 2.33. The minimum absolute atomic E-state index is 0. The summed E-state index contributed by atoms with van der Waals surface area (Å²) in [5, 5.41) is 9.33. The number of aliphatic hydroxyl groups excluding tert-OH is 1. The first-order valence-corrected chi connectivity index (χ1v) is 12.0. The largest absolute Gasteiger partial charge is 0.396 e. The highest BCUT2D eigenvalue weighted by atomic mass is 16.5. The molecule has 5 heteroatoms. The van der Waals surface area contributed by atoms with Crippen LogP contribution in [0.5, 0.6) is 0 Å². The standard InChI is InChI=1S/C27H50O5.CH4/c1-11-20(3)23(30-8)16-15-19(2)13-12-14-21(4)25(32-10)22(5)26(29)27(6,7)24(31-9)17-18-28;/h11,15,21-25,28H,12-14,16-18H2,1-10H3;1H4/b19-15?,20-11+;.